The Morgan fingerprint density at radius 2 is 1.55 bits per heavy atom. The molecule has 0 aromatic heterocycles. The Morgan fingerprint density at radius 3 is 2.19 bits per heavy atom. The normalized spacial score (nSPS) is 12.4. The van der Waals surface area contributed by atoms with Crippen LogP contribution in [0.15, 0.2) is 76.1 Å². The molecule has 1 amide bonds. The minimum absolute atomic E-state index is 0.0380. The first-order valence-electron chi connectivity index (χ1n) is 9.87. The van der Waals surface area contributed by atoms with Crippen LogP contribution in [0.4, 0.5) is 5.69 Å². The van der Waals surface area contributed by atoms with E-state index in [0.29, 0.717) is 5.69 Å². The molecule has 7 heteroatoms. The lowest BCUT2D eigenvalue weighted by Crippen LogP contribution is -2.31. The molecule has 2 N–H and O–H groups in total. The van der Waals surface area contributed by atoms with Gasteiger partial charge in [-0.2, -0.15) is 0 Å². The van der Waals surface area contributed by atoms with Crippen molar-refractivity contribution in [1.29, 1.82) is 0 Å². The predicted molar refractivity (Wildman–Crippen MR) is 128 cm³/mol. The average Bonchev–Trinajstić information content (AvgIpc) is 2.74. The zero-order valence-electron chi connectivity index (χ0n) is 17.6. The summed E-state index contributed by atoms with van der Waals surface area (Å²) >= 11 is 3.49. The standard InChI is InChI=1S/C24H25BrN2O3S/c1-16-9-11-20(12-10-16)31(29,30)27-23(19-7-5-4-6-8-19)15-24(28)26-22-14-13-21(25)17(2)18(22)3/h4-14,23,27H,15H2,1-3H3,(H,26,28)/t23-/m0/s1. The van der Waals surface area contributed by atoms with Gasteiger partial charge in [-0.15, -0.1) is 0 Å². The second-order valence-corrected chi connectivity index (χ2v) is 10.1. The van der Waals surface area contributed by atoms with Crippen LogP contribution in [0.2, 0.25) is 0 Å². The van der Waals surface area contributed by atoms with E-state index >= 15 is 0 Å². The minimum atomic E-state index is -3.80. The molecular formula is C24H25BrN2O3S. The van der Waals surface area contributed by atoms with Crippen LogP contribution < -0.4 is 10.0 Å². The van der Waals surface area contributed by atoms with E-state index in [-0.39, 0.29) is 17.2 Å². The highest BCUT2D eigenvalue weighted by Gasteiger charge is 2.24. The van der Waals surface area contributed by atoms with Gasteiger partial charge in [-0.1, -0.05) is 64.0 Å². The number of halogens is 1. The SMILES string of the molecule is Cc1ccc(S(=O)(=O)N[C@@H](CC(=O)Nc2ccc(Br)c(C)c2C)c2ccccc2)cc1. The average molecular weight is 501 g/mol. The van der Waals surface area contributed by atoms with E-state index in [1.54, 1.807) is 24.3 Å². The second-order valence-electron chi connectivity index (χ2n) is 7.49. The van der Waals surface area contributed by atoms with Gasteiger partial charge >= 0.3 is 0 Å². The second kappa shape index (κ2) is 9.77. The molecule has 0 heterocycles. The Labute approximate surface area is 192 Å². The first kappa shape index (κ1) is 23.2. The number of carbonyl (C=O) groups is 1. The van der Waals surface area contributed by atoms with Crippen molar-refractivity contribution in [3.8, 4) is 0 Å². The summed E-state index contributed by atoms with van der Waals surface area (Å²) in [6, 6.07) is 18.7. The lowest BCUT2D eigenvalue weighted by atomic mass is 10.0. The number of hydrogen-bond acceptors (Lipinski definition) is 3. The van der Waals surface area contributed by atoms with E-state index in [1.807, 2.05) is 63.2 Å². The van der Waals surface area contributed by atoms with E-state index in [4.69, 9.17) is 0 Å². The number of benzene rings is 3. The van der Waals surface area contributed by atoms with Crippen LogP contribution in [0.3, 0.4) is 0 Å². The summed E-state index contributed by atoms with van der Waals surface area (Å²) in [5.41, 5.74) is 4.39. The van der Waals surface area contributed by atoms with Crippen LogP contribution >= 0.6 is 15.9 Å². The molecule has 3 aromatic rings. The van der Waals surface area contributed by atoms with Crippen molar-refractivity contribution >= 4 is 37.5 Å². The lowest BCUT2D eigenvalue weighted by molar-refractivity contribution is -0.116. The zero-order valence-corrected chi connectivity index (χ0v) is 20.0. The Bertz CT molecular complexity index is 1180. The molecule has 3 rings (SSSR count). The van der Waals surface area contributed by atoms with E-state index in [1.165, 1.54) is 0 Å². The molecule has 0 aliphatic carbocycles. The zero-order chi connectivity index (χ0) is 22.6. The van der Waals surface area contributed by atoms with Gasteiger partial charge in [-0.05, 0) is 61.7 Å². The molecule has 0 aliphatic rings. The number of amides is 1. The first-order chi connectivity index (χ1) is 14.7. The van der Waals surface area contributed by atoms with Gasteiger partial charge in [-0.3, -0.25) is 4.79 Å². The summed E-state index contributed by atoms with van der Waals surface area (Å²) in [4.78, 5) is 13.0. The van der Waals surface area contributed by atoms with E-state index in [9.17, 15) is 13.2 Å². The van der Waals surface area contributed by atoms with Crippen molar-refractivity contribution in [2.45, 2.75) is 38.1 Å². The molecule has 0 spiro atoms. The van der Waals surface area contributed by atoms with Crippen molar-refractivity contribution in [1.82, 2.24) is 4.72 Å². The van der Waals surface area contributed by atoms with Gasteiger partial charge in [0.15, 0.2) is 0 Å². The maximum absolute atomic E-state index is 13.0. The van der Waals surface area contributed by atoms with Gasteiger partial charge in [0.05, 0.1) is 10.9 Å². The molecule has 31 heavy (non-hydrogen) atoms. The van der Waals surface area contributed by atoms with Crippen molar-refractivity contribution in [3.63, 3.8) is 0 Å². The third kappa shape index (κ3) is 5.81. The highest BCUT2D eigenvalue weighted by Crippen LogP contribution is 2.27. The summed E-state index contributed by atoms with van der Waals surface area (Å²) in [6.45, 7) is 5.80. The smallest absolute Gasteiger partial charge is 0.241 e. The van der Waals surface area contributed by atoms with Gasteiger partial charge < -0.3 is 5.32 Å². The summed E-state index contributed by atoms with van der Waals surface area (Å²) < 4.78 is 29.6. The van der Waals surface area contributed by atoms with Crippen LogP contribution in [-0.2, 0) is 14.8 Å². The molecule has 5 nitrogen and oxygen atoms in total. The molecule has 0 unspecified atom stereocenters. The van der Waals surface area contributed by atoms with Crippen LogP contribution in [0.1, 0.15) is 34.7 Å². The number of sulfonamides is 1. The summed E-state index contributed by atoms with van der Waals surface area (Å²) in [6.07, 6.45) is -0.0380. The monoisotopic (exact) mass is 500 g/mol. The van der Waals surface area contributed by atoms with Crippen molar-refractivity contribution in [2.24, 2.45) is 0 Å². The first-order valence-corrected chi connectivity index (χ1v) is 12.1. The van der Waals surface area contributed by atoms with Crippen LogP contribution in [0.25, 0.3) is 0 Å². The van der Waals surface area contributed by atoms with Crippen molar-refractivity contribution in [2.75, 3.05) is 5.32 Å². The Morgan fingerprint density at radius 1 is 0.903 bits per heavy atom. The number of carbonyl (C=O) groups excluding carboxylic acids is 1. The minimum Gasteiger partial charge on any atom is -0.326 e. The topological polar surface area (TPSA) is 75.3 Å². The number of nitrogens with one attached hydrogen (secondary N) is 2. The van der Waals surface area contributed by atoms with Crippen molar-refractivity contribution in [3.05, 3.63) is 93.5 Å². The van der Waals surface area contributed by atoms with E-state index in [0.717, 1.165) is 26.7 Å². The number of aryl methyl sites for hydroxylation is 1. The number of rotatable bonds is 7. The number of hydrogen-bond donors (Lipinski definition) is 2. The molecular weight excluding hydrogens is 476 g/mol. The molecule has 0 radical (unpaired) electrons. The van der Waals surface area contributed by atoms with Crippen molar-refractivity contribution < 1.29 is 13.2 Å². The molecule has 3 aromatic carbocycles. The van der Waals surface area contributed by atoms with Crippen LogP contribution in [-0.4, -0.2) is 14.3 Å². The summed E-state index contributed by atoms with van der Waals surface area (Å²) in [5.74, 6) is -0.273. The lowest BCUT2D eigenvalue weighted by Gasteiger charge is -2.20. The molecule has 0 saturated heterocycles. The fourth-order valence-electron chi connectivity index (χ4n) is 3.20. The fourth-order valence-corrected chi connectivity index (χ4v) is 4.85. The van der Waals surface area contributed by atoms with E-state index < -0.39 is 16.1 Å². The highest BCUT2D eigenvalue weighted by atomic mass is 79.9. The largest absolute Gasteiger partial charge is 0.326 e. The molecule has 162 valence electrons. The highest BCUT2D eigenvalue weighted by molar-refractivity contribution is 9.10. The Kier molecular flexibility index (Phi) is 7.30. The third-order valence-corrected chi connectivity index (χ3v) is 7.56. The van der Waals surface area contributed by atoms with Gasteiger partial charge in [0.2, 0.25) is 15.9 Å². The fraction of sp³-hybridized carbons (Fsp3) is 0.208. The maximum Gasteiger partial charge on any atom is 0.241 e. The Hall–Kier alpha value is -2.48. The predicted octanol–water partition coefficient (Wildman–Crippen LogP) is 5.42. The van der Waals surface area contributed by atoms with Crippen LogP contribution in [0.5, 0.6) is 0 Å². The van der Waals surface area contributed by atoms with Gasteiger partial charge in [-0.25, -0.2) is 13.1 Å². The van der Waals surface area contributed by atoms with Crippen LogP contribution in [0, 0.1) is 20.8 Å². The molecule has 0 fully saturated rings. The summed E-state index contributed by atoms with van der Waals surface area (Å²) in [7, 11) is -3.80. The third-order valence-electron chi connectivity index (χ3n) is 5.22. The number of anilines is 1. The Balaban J connectivity index is 1.84. The van der Waals surface area contributed by atoms with E-state index in [2.05, 4.69) is 26.0 Å². The molecule has 0 saturated carbocycles. The molecule has 0 aliphatic heterocycles. The quantitative estimate of drug-likeness (QED) is 0.454. The van der Waals surface area contributed by atoms with Gasteiger partial charge in [0.1, 0.15) is 0 Å². The molecule has 1 atom stereocenters. The maximum atomic E-state index is 13.0. The van der Waals surface area contributed by atoms with Gasteiger partial charge in [0.25, 0.3) is 0 Å². The van der Waals surface area contributed by atoms with Gasteiger partial charge in [0, 0.05) is 16.6 Å². The molecule has 0 bridgehead atoms. The summed E-state index contributed by atoms with van der Waals surface area (Å²) in [5, 5.41) is 2.92.